The van der Waals surface area contributed by atoms with Crippen LogP contribution < -0.4 is 5.73 Å². The van der Waals surface area contributed by atoms with Crippen molar-refractivity contribution in [3.63, 3.8) is 0 Å². The second kappa shape index (κ2) is 6.96. The summed E-state index contributed by atoms with van der Waals surface area (Å²) in [4.78, 5) is 15.3. The van der Waals surface area contributed by atoms with Gasteiger partial charge in [0.25, 0.3) is 0 Å². The Labute approximate surface area is 139 Å². The van der Waals surface area contributed by atoms with E-state index >= 15 is 0 Å². The summed E-state index contributed by atoms with van der Waals surface area (Å²) in [7, 11) is 0. The fraction of sp³-hybridized carbons (Fsp3) is 0.333. The summed E-state index contributed by atoms with van der Waals surface area (Å²) in [6.45, 7) is 0. The molecule has 0 aliphatic heterocycles. The Morgan fingerprint density at radius 1 is 1.30 bits per heavy atom. The van der Waals surface area contributed by atoms with Gasteiger partial charge < -0.3 is 10.8 Å². The van der Waals surface area contributed by atoms with Gasteiger partial charge in [-0.05, 0) is 36.7 Å². The second-order valence-corrected chi connectivity index (χ2v) is 6.89. The van der Waals surface area contributed by atoms with Crippen LogP contribution in [0.5, 0.6) is 0 Å². The van der Waals surface area contributed by atoms with Crippen LogP contribution in [-0.4, -0.2) is 16.1 Å². The van der Waals surface area contributed by atoms with Gasteiger partial charge in [-0.3, -0.25) is 0 Å². The number of carbonyl (C=O) groups is 1. The highest BCUT2D eigenvalue weighted by atomic mass is 32.1. The topological polar surface area (TPSA) is 76.2 Å². The summed E-state index contributed by atoms with van der Waals surface area (Å²) >= 11 is 1.45. The van der Waals surface area contributed by atoms with Crippen molar-refractivity contribution < 1.29 is 9.90 Å². The second-order valence-electron chi connectivity index (χ2n) is 6.00. The maximum atomic E-state index is 10.9. The van der Waals surface area contributed by atoms with Crippen LogP contribution in [0.4, 0.5) is 5.13 Å². The smallest absolute Gasteiger partial charge is 0.327 e. The maximum Gasteiger partial charge on any atom is 0.327 e. The van der Waals surface area contributed by atoms with Gasteiger partial charge in [0.15, 0.2) is 5.13 Å². The molecule has 3 rings (SSSR count). The monoisotopic (exact) mass is 328 g/mol. The van der Waals surface area contributed by atoms with Gasteiger partial charge in [-0.2, -0.15) is 0 Å². The lowest BCUT2D eigenvalue weighted by atomic mass is 9.70. The number of carboxylic acid groups (broad SMARTS) is 1. The van der Waals surface area contributed by atoms with Crippen molar-refractivity contribution >= 4 is 22.4 Å². The van der Waals surface area contributed by atoms with Gasteiger partial charge in [-0.1, -0.05) is 36.4 Å². The van der Waals surface area contributed by atoms with E-state index in [2.05, 4.69) is 29.2 Å². The lowest BCUT2D eigenvalue weighted by Crippen LogP contribution is -2.22. The third-order valence-electron chi connectivity index (χ3n) is 4.58. The van der Waals surface area contributed by atoms with Crippen molar-refractivity contribution in [2.45, 2.75) is 31.1 Å². The number of anilines is 1. The zero-order valence-electron chi connectivity index (χ0n) is 12.8. The highest BCUT2D eigenvalue weighted by Gasteiger charge is 2.32. The number of rotatable bonds is 4. The molecule has 5 heteroatoms. The minimum absolute atomic E-state index is 0.201. The van der Waals surface area contributed by atoms with E-state index in [9.17, 15) is 4.79 Å². The number of hydrogen-bond acceptors (Lipinski definition) is 4. The fourth-order valence-electron chi connectivity index (χ4n) is 3.47. The molecule has 1 saturated carbocycles. The Morgan fingerprint density at radius 2 is 2.09 bits per heavy atom. The Kier molecular flexibility index (Phi) is 4.76. The van der Waals surface area contributed by atoms with Crippen molar-refractivity contribution in [3.05, 3.63) is 59.1 Å². The summed E-state index contributed by atoms with van der Waals surface area (Å²) < 4.78 is 0. The van der Waals surface area contributed by atoms with Crippen LogP contribution in [0.3, 0.4) is 0 Å². The Morgan fingerprint density at radius 3 is 2.74 bits per heavy atom. The van der Waals surface area contributed by atoms with E-state index in [1.807, 2.05) is 17.5 Å². The highest BCUT2D eigenvalue weighted by Crippen LogP contribution is 2.45. The lowest BCUT2D eigenvalue weighted by molar-refractivity contribution is -0.131. The Hall–Kier alpha value is -2.14. The van der Waals surface area contributed by atoms with Crippen molar-refractivity contribution in [3.8, 4) is 0 Å². The lowest BCUT2D eigenvalue weighted by Gasteiger charge is -2.34. The summed E-state index contributed by atoms with van der Waals surface area (Å²) in [5.41, 5.74) is 8.14. The molecule has 120 valence electrons. The normalized spacial score (nSPS) is 24.8. The average Bonchev–Trinajstić information content (AvgIpc) is 3.00. The zero-order valence-corrected chi connectivity index (χ0v) is 13.6. The third kappa shape index (κ3) is 3.79. The fourth-order valence-corrected chi connectivity index (χ4v) is 4.10. The van der Waals surface area contributed by atoms with Gasteiger partial charge in [0, 0.05) is 17.4 Å². The first kappa shape index (κ1) is 15.7. The van der Waals surface area contributed by atoms with Crippen LogP contribution in [0.2, 0.25) is 0 Å². The van der Waals surface area contributed by atoms with E-state index in [4.69, 9.17) is 10.8 Å². The first-order valence-corrected chi connectivity index (χ1v) is 8.68. The van der Waals surface area contributed by atoms with Crippen LogP contribution in [-0.2, 0) is 4.79 Å². The van der Waals surface area contributed by atoms with Crippen molar-refractivity contribution in [2.75, 3.05) is 5.73 Å². The molecular weight excluding hydrogens is 308 g/mol. The van der Waals surface area contributed by atoms with E-state index in [-0.39, 0.29) is 11.8 Å². The van der Waals surface area contributed by atoms with Crippen LogP contribution >= 0.6 is 11.3 Å². The minimum atomic E-state index is -0.897. The highest BCUT2D eigenvalue weighted by molar-refractivity contribution is 7.13. The molecule has 0 amide bonds. The predicted octanol–water partition coefficient (Wildman–Crippen LogP) is 4.03. The molecule has 0 bridgehead atoms. The molecule has 1 unspecified atom stereocenters. The van der Waals surface area contributed by atoms with Crippen LogP contribution in [0, 0.1) is 5.92 Å². The van der Waals surface area contributed by atoms with Gasteiger partial charge in [-0.15, -0.1) is 11.3 Å². The number of nitrogens with two attached hydrogens (primary N) is 1. The molecule has 1 aliphatic carbocycles. The maximum absolute atomic E-state index is 10.9. The molecule has 1 fully saturated rings. The molecule has 0 radical (unpaired) electrons. The standard InChI is InChI=1S/C18H20N2O2S/c19-18-20-16(11-23-18)15-10-14(12-4-2-1-3-5-12)7-6-13(15)8-9-17(21)22/h1-5,8-9,11,13-15H,6-7,10H2,(H2,19,20)(H,21,22)/t13?,14-,15+/m0/s1. The van der Waals surface area contributed by atoms with E-state index in [0.717, 1.165) is 25.0 Å². The van der Waals surface area contributed by atoms with Crippen molar-refractivity contribution in [1.82, 2.24) is 4.98 Å². The molecule has 1 aromatic carbocycles. The number of aromatic nitrogens is 1. The minimum Gasteiger partial charge on any atom is -0.478 e. The number of benzene rings is 1. The van der Waals surface area contributed by atoms with E-state index < -0.39 is 5.97 Å². The third-order valence-corrected chi connectivity index (χ3v) is 5.27. The van der Waals surface area contributed by atoms with E-state index in [1.165, 1.54) is 23.0 Å². The molecule has 1 aliphatic rings. The molecule has 0 spiro atoms. The largest absolute Gasteiger partial charge is 0.478 e. The van der Waals surface area contributed by atoms with Crippen LogP contribution in [0.1, 0.15) is 42.4 Å². The number of aliphatic carboxylic acids is 1. The molecule has 0 saturated heterocycles. The molecule has 4 nitrogen and oxygen atoms in total. The number of nitrogens with zero attached hydrogens (tertiary/aromatic N) is 1. The molecule has 3 N–H and O–H groups in total. The molecule has 1 aromatic heterocycles. The molecule has 23 heavy (non-hydrogen) atoms. The van der Waals surface area contributed by atoms with Crippen molar-refractivity contribution in [2.24, 2.45) is 5.92 Å². The Balaban J connectivity index is 1.85. The number of allylic oxidation sites excluding steroid dienone is 1. The van der Waals surface area contributed by atoms with Crippen LogP contribution in [0.25, 0.3) is 0 Å². The first-order chi connectivity index (χ1) is 11.1. The average molecular weight is 328 g/mol. The number of carboxylic acids is 1. The van der Waals surface area contributed by atoms with E-state index in [0.29, 0.717) is 11.0 Å². The zero-order chi connectivity index (χ0) is 16.2. The van der Waals surface area contributed by atoms with Gasteiger partial charge in [-0.25, -0.2) is 9.78 Å². The van der Waals surface area contributed by atoms with Crippen molar-refractivity contribution in [1.29, 1.82) is 0 Å². The van der Waals surface area contributed by atoms with Gasteiger partial charge in [0.05, 0.1) is 5.69 Å². The molecule has 3 atom stereocenters. The van der Waals surface area contributed by atoms with Gasteiger partial charge in [0.2, 0.25) is 0 Å². The molecule has 1 heterocycles. The number of nitrogen functional groups attached to an aromatic ring is 1. The molecular formula is C18H20N2O2S. The summed E-state index contributed by atoms with van der Waals surface area (Å²) in [5.74, 6) is 0.0102. The van der Waals surface area contributed by atoms with E-state index in [1.54, 1.807) is 0 Å². The van der Waals surface area contributed by atoms with Crippen LogP contribution in [0.15, 0.2) is 47.9 Å². The van der Waals surface area contributed by atoms with Gasteiger partial charge >= 0.3 is 5.97 Å². The summed E-state index contributed by atoms with van der Waals surface area (Å²) in [5, 5.41) is 11.5. The first-order valence-electron chi connectivity index (χ1n) is 7.80. The summed E-state index contributed by atoms with van der Waals surface area (Å²) in [6, 6.07) is 10.5. The number of hydrogen-bond donors (Lipinski definition) is 2. The Bertz CT molecular complexity index is 696. The van der Waals surface area contributed by atoms with Gasteiger partial charge in [0.1, 0.15) is 0 Å². The predicted molar refractivity (Wildman–Crippen MR) is 92.6 cm³/mol. The SMILES string of the molecule is Nc1nc([C@@H]2C[C@@H](c3ccccc3)CCC2C=CC(=O)O)cs1. The number of thiazole rings is 1. The quantitative estimate of drug-likeness (QED) is 0.831. The summed E-state index contributed by atoms with van der Waals surface area (Å²) in [6.07, 6.45) is 6.09. The molecule has 2 aromatic rings.